The van der Waals surface area contributed by atoms with Crippen LogP contribution in [-0.2, 0) is 11.8 Å². The molecule has 0 radical (unpaired) electrons. The van der Waals surface area contributed by atoms with Crippen LogP contribution in [-0.4, -0.2) is 32.1 Å². The van der Waals surface area contributed by atoms with E-state index in [2.05, 4.69) is 21.2 Å². The van der Waals surface area contributed by atoms with E-state index < -0.39 is 5.97 Å². The number of aryl methyl sites for hydroxylation is 1. The maximum atomic E-state index is 12.2. The molecule has 21 heavy (non-hydrogen) atoms. The molecule has 0 amide bonds. The van der Waals surface area contributed by atoms with Crippen molar-refractivity contribution in [3.63, 3.8) is 0 Å². The van der Waals surface area contributed by atoms with Gasteiger partial charge in [-0.2, -0.15) is 0 Å². The number of rotatable bonds is 3. The number of nitrogens with zero attached hydrogens (tertiary/aromatic N) is 4. The molecule has 6 heteroatoms. The molecular formula is C15H18N4O2. The monoisotopic (exact) mass is 286 g/mol. The number of esters is 1. The van der Waals surface area contributed by atoms with E-state index in [1.54, 1.807) is 17.8 Å². The molecule has 0 aliphatic carbocycles. The summed E-state index contributed by atoms with van der Waals surface area (Å²) >= 11 is 0. The number of hydrogen-bond donors (Lipinski definition) is 0. The minimum absolute atomic E-state index is 0.230. The van der Waals surface area contributed by atoms with Crippen LogP contribution >= 0.6 is 0 Å². The third-order valence-corrected chi connectivity index (χ3v) is 3.19. The highest BCUT2D eigenvalue weighted by molar-refractivity contribution is 5.92. The largest absolute Gasteiger partial charge is 0.457 e. The van der Waals surface area contributed by atoms with Gasteiger partial charge in [0.2, 0.25) is 0 Å². The molecule has 0 aliphatic heterocycles. The Morgan fingerprint density at radius 2 is 2.24 bits per heavy atom. The van der Waals surface area contributed by atoms with Crippen molar-refractivity contribution in [1.82, 2.24) is 20.0 Å². The number of carbonyl (C=O) groups excluding carboxylic acids is 1. The lowest BCUT2D eigenvalue weighted by atomic mass is 9.87. The van der Waals surface area contributed by atoms with E-state index >= 15 is 0 Å². The van der Waals surface area contributed by atoms with Crippen molar-refractivity contribution in [2.24, 2.45) is 12.5 Å². The van der Waals surface area contributed by atoms with Gasteiger partial charge in [0.1, 0.15) is 11.6 Å². The van der Waals surface area contributed by atoms with Crippen LogP contribution in [0.4, 0.5) is 0 Å². The summed E-state index contributed by atoms with van der Waals surface area (Å²) in [5.41, 5.74) is 1.28. The van der Waals surface area contributed by atoms with Gasteiger partial charge in [0, 0.05) is 19.7 Å². The lowest BCUT2D eigenvalue weighted by Crippen LogP contribution is -2.31. The highest BCUT2D eigenvalue weighted by Gasteiger charge is 2.28. The first-order chi connectivity index (χ1) is 9.82. The van der Waals surface area contributed by atoms with Gasteiger partial charge in [-0.25, -0.2) is 14.5 Å². The van der Waals surface area contributed by atoms with Crippen molar-refractivity contribution in [3.8, 4) is 12.3 Å². The summed E-state index contributed by atoms with van der Waals surface area (Å²) < 4.78 is 7.06. The number of hydrogen-bond acceptors (Lipinski definition) is 5. The Balaban J connectivity index is 2.23. The van der Waals surface area contributed by atoms with Crippen LogP contribution in [0.1, 0.15) is 37.6 Å². The SMILES string of the molecule is C#CC[C@H](OC(=O)c1cnc2c(c1)nnn2C)C(C)(C)C. The second-order valence-corrected chi connectivity index (χ2v) is 5.95. The fourth-order valence-electron chi connectivity index (χ4n) is 1.87. The van der Waals surface area contributed by atoms with Crippen molar-refractivity contribution in [1.29, 1.82) is 0 Å². The molecule has 2 aromatic rings. The summed E-state index contributed by atoms with van der Waals surface area (Å²) in [6.45, 7) is 5.94. The maximum absolute atomic E-state index is 12.2. The topological polar surface area (TPSA) is 69.9 Å². The normalized spacial score (nSPS) is 12.9. The number of terminal acetylenes is 1. The van der Waals surface area contributed by atoms with E-state index in [0.29, 0.717) is 23.1 Å². The van der Waals surface area contributed by atoms with Crippen LogP contribution in [0.25, 0.3) is 11.2 Å². The van der Waals surface area contributed by atoms with Crippen molar-refractivity contribution in [3.05, 3.63) is 17.8 Å². The lowest BCUT2D eigenvalue weighted by molar-refractivity contribution is -0.000565. The zero-order chi connectivity index (χ0) is 15.6. The third kappa shape index (κ3) is 3.19. The second-order valence-electron chi connectivity index (χ2n) is 5.95. The standard InChI is InChI=1S/C15H18N4O2/c1-6-7-12(15(2,3)4)21-14(20)10-8-11-13(16-9-10)19(5)18-17-11/h1,8-9,12H,7H2,2-5H3/t12-/m0/s1. The first-order valence-corrected chi connectivity index (χ1v) is 6.63. The number of carbonyl (C=O) groups is 1. The van der Waals surface area contributed by atoms with E-state index in [1.807, 2.05) is 20.8 Å². The van der Waals surface area contributed by atoms with Crippen molar-refractivity contribution in [2.45, 2.75) is 33.3 Å². The van der Waals surface area contributed by atoms with Crippen molar-refractivity contribution >= 4 is 17.1 Å². The van der Waals surface area contributed by atoms with Crippen LogP contribution in [0.3, 0.4) is 0 Å². The first-order valence-electron chi connectivity index (χ1n) is 6.63. The van der Waals surface area contributed by atoms with Gasteiger partial charge < -0.3 is 4.74 Å². The number of fused-ring (bicyclic) bond motifs is 1. The Kier molecular flexibility index (Phi) is 3.94. The number of ether oxygens (including phenoxy) is 1. The van der Waals surface area contributed by atoms with Gasteiger partial charge >= 0.3 is 5.97 Å². The Bertz CT molecular complexity index is 707. The van der Waals surface area contributed by atoms with Crippen LogP contribution in [0.15, 0.2) is 12.3 Å². The van der Waals surface area contributed by atoms with Gasteiger partial charge in [0.15, 0.2) is 5.65 Å². The zero-order valence-electron chi connectivity index (χ0n) is 12.6. The third-order valence-electron chi connectivity index (χ3n) is 3.19. The smallest absolute Gasteiger partial charge is 0.340 e. The molecule has 1 atom stereocenters. The molecule has 0 fully saturated rings. The minimum Gasteiger partial charge on any atom is -0.457 e. The Labute approximate surface area is 123 Å². The molecule has 2 heterocycles. The van der Waals surface area contributed by atoms with E-state index in [4.69, 9.17) is 11.2 Å². The van der Waals surface area contributed by atoms with Gasteiger partial charge in [-0.15, -0.1) is 17.4 Å². The van der Waals surface area contributed by atoms with Gasteiger partial charge in [-0.05, 0) is 11.5 Å². The summed E-state index contributed by atoms with van der Waals surface area (Å²) in [5.74, 6) is 2.09. The average Bonchev–Trinajstić information content (AvgIpc) is 2.78. The van der Waals surface area contributed by atoms with E-state index in [9.17, 15) is 4.79 Å². The summed E-state index contributed by atoms with van der Waals surface area (Å²) in [5, 5.41) is 7.79. The van der Waals surface area contributed by atoms with E-state index in [1.165, 1.54) is 6.20 Å². The molecule has 0 aliphatic rings. The first kappa shape index (κ1) is 15.0. The summed E-state index contributed by atoms with van der Waals surface area (Å²) in [7, 11) is 1.74. The predicted octanol–water partition coefficient (Wildman–Crippen LogP) is 1.96. The molecule has 6 nitrogen and oxygen atoms in total. The fraction of sp³-hybridized carbons (Fsp3) is 0.467. The maximum Gasteiger partial charge on any atom is 0.340 e. The molecule has 0 bridgehead atoms. The Hall–Kier alpha value is -2.42. The summed E-state index contributed by atoms with van der Waals surface area (Å²) in [6, 6.07) is 1.62. The number of aromatic nitrogens is 4. The molecule has 2 rings (SSSR count). The minimum atomic E-state index is -0.453. The lowest BCUT2D eigenvalue weighted by Gasteiger charge is -2.28. The summed E-state index contributed by atoms with van der Waals surface area (Å²) in [4.78, 5) is 16.4. The highest BCUT2D eigenvalue weighted by Crippen LogP contribution is 2.25. The predicted molar refractivity (Wildman–Crippen MR) is 78.4 cm³/mol. The second kappa shape index (κ2) is 5.52. The summed E-state index contributed by atoms with van der Waals surface area (Å²) in [6.07, 6.45) is 6.82. The molecule has 110 valence electrons. The molecule has 0 spiro atoms. The molecule has 0 aromatic carbocycles. The molecule has 0 N–H and O–H groups in total. The van der Waals surface area contributed by atoms with Gasteiger partial charge in [-0.3, -0.25) is 0 Å². The molecule has 0 unspecified atom stereocenters. The van der Waals surface area contributed by atoms with E-state index in [-0.39, 0.29) is 11.5 Å². The Morgan fingerprint density at radius 3 is 2.86 bits per heavy atom. The van der Waals surface area contributed by atoms with Crippen molar-refractivity contribution < 1.29 is 9.53 Å². The Morgan fingerprint density at radius 1 is 1.52 bits per heavy atom. The van der Waals surface area contributed by atoms with Gasteiger partial charge in [0.05, 0.1) is 5.56 Å². The quantitative estimate of drug-likeness (QED) is 0.637. The fourth-order valence-corrected chi connectivity index (χ4v) is 1.87. The van der Waals surface area contributed by atoms with E-state index in [0.717, 1.165) is 0 Å². The van der Waals surface area contributed by atoms with Crippen LogP contribution < -0.4 is 0 Å². The van der Waals surface area contributed by atoms with Crippen LogP contribution in [0.2, 0.25) is 0 Å². The van der Waals surface area contributed by atoms with Crippen LogP contribution in [0, 0.1) is 17.8 Å². The van der Waals surface area contributed by atoms with Gasteiger partial charge in [-0.1, -0.05) is 26.0 Å². The molecule has 2 aromatic heterocycles. The molecule has 0 saturated heterocycles. The highest BCUT2D eigenvalue weighted by atomic mass is 16.5. The van der Waals surface area contributed by atoms with Gasteiger partial charge in [0.25, 0.3) is 0 Å². The average molecular weight is 286 g/mol. The zero-order valence-corrected chi connectivity index (χ0v) is 12.6. The van der Waals surface area contributed by atoms with Crippen molar-refractivity contribution in [2.75, 3.05) is 0 Å². The number of pyridine rings is 1. The molecule has 0 saturated carbocycles. The van der Waals surface area contributed by atoms with Crippen LogP contribution in [0.5, 0.6) is 0 Å². The molecular weight excluding hydrogens is 268 g/mol.